The van der Waals surface area contributed by atoms with Gasteiger partial charge in [0, 0.05) is 31.3 Å². The Hall–Kier alpha value is -3.09. The van der Waals surface area contributed by atoms with Gasteiger partial charge in [0.05, 0.1) is 6.21 Å². The van der Waals surface area contributed by atoms with Crippen molar-refractivity contribution in [2.24, 2.45) is 5.10 Å². The number of rotatable bonds is 6. The normalized spacial score (nSPS) is 10.4. The molecule has 112 valence electrons. The van der Waals surface area contributed by atoms with E-state index in [2.05, 4.69) is 25.8 Å². The molecule has 0 saturated carbocycles. The topological polar surface area (TPSA) is 96.3 Å². The minimum absolute atomic E-state index is 0.284. The van der Waals surface area contributed by atoms with Crippen molar-refractivity contribution in [3.8, 4) is 0 Å². The summed E-state index contributed by atoms with van der Waals surface area (Å²) in [6.45, 7) is 0.334. The third-order valence-corrected chi connectivity index (χ3v) is 2.64. The van der Waals surface area contributed by atoms with Gasteiger partial charge < -0.3 is 5.32 Å². The zero-order valence-electron chi connectivity index (χ0n) is 11.8. The molecule has 0 aliphatic carbocycles. The van der Waals surface area contributed by atoms with Crippen LogP contribution >= 0.6 is 0 Å². The van der Waals surface area contributed by atoms with Crippen LogP contribution < -0.4 is 10.7 Å². The lowest BCUT2D eigenvalue weighted by Gasteiger charge is -2.04. The van der Waals surface area contributed by atoms with E-state index in [4.69, 9.17) is 0 Å². The first-order chi connectivity index (χ1) is 10.7. The number of hydrogen-bond acceptors (Lipinski definition) is 5. The van der Waals surface area contributed by atoms with Crippen LogP contribution in [-0.4, -0.2) is 28.0 Å². The molecule has 0 aromatic carbocycles. The molecule has 2 N–H and O–H groups in total. The summed E-state index contributed by atoms with van der Waals surface area (Å²) in [6, 6.07) is 7.11. The summed E-state index contributed by atoms with van der Waals surface area (Å²) in [4.78, 5) is 31.0. The van der Waals surface area contributed by atoms with Crippen LogP contribution in [-0.2, 0) is 16.1 Å². The Morgan fingerprint density at radius 1 is 1.09 bits per heavy atom. The molecule has 2 rings (SSSR count). The van der Waals surface area contributed by atoms with Crippen molar-refractivity contribution in [2.45, 2.75) is 13.0 Å². The molecule has 0 bridgehead atoms. The molecule has 2 aromatic rings. The molecule has 2 heterocycles. The number of carbonyl (C=O) groups is 2. The largest absolute Gasteiger partial charge is 0.352 e. The average Bonchev–Trinajstić information content (AvgIpc) is 2.55. The van der Waals surface area contributed by atoms with E-state index >= 15 is 0 Å². The van der Waals surface area contributed by atoms with Crippen molar-refractivity contribution in [3.05, 3.63) is 60.2 Å². The van der Waals surface area contributed by atoms with Gasteiger partial charge in [-0.2, -0.15) is 5.10 Å². The van der Waals surface area contributed by atoms with E-state index in [-0.39, 0.29) is 12.3 Å². The van der Waals surface area contributed by atoms with Crippen LogP contribution in [0.5, 0.6) is 0 Å². The van der Waals surface area contributed by atoms with Gasteiger partial charge in [-0.05, 0) is 29.3 Å². The van der Waals surface area contributed by atoms with Gasteiger partial charge in [-0.3, -0.25) is 19.6 Å². The molecule has 0 atom stereocenters. The van der Waals surface area contributed by atoms with E-state index in [1.165, 1.54) is 6.21 Å². The number of amides is 2. The molecule has 0 spiro atoms. The van der Waals surface area contributed by atoms with E-state index in [1.54, 1.807) is 43.0 Å². The molecule has 0 aliphatic rings. The highest BCUT2D eigenvalue weighted by Crippen LogP contribution is 1.95. The molecule has 7 heteroatoms. The summed E-state index contributed by atoms with van der Waals surface area (Å²) >= 11 is 0. The molecule has 0 fully saturated rings. The summed E-state index contributed by atoms with van der Waals surface area (Å²) in [7, 11) is 0. The third kappa shape index (κ3) is 5.49. The Morgan fingerprint density at radius 3 is 2.64 bits per heavy atom. The highest BCUT2D eigenvalue weighted by atomic mass is 16.2. The quantitative estimate of drug-likeness (QED) is 0.464. The molecule has 0 aliphatic heterocycles. The van der Waals surface area contributed by atoms with Crippen molar-refractivity contribution in [2.75, 3.05) is 0 Å². The molecule has 0 unspecified atom stereocenters. The Labute approximate surface area is 127 Å². The standard InChI is InChI=1S/C15H15N5O2/c21-14(18-10-13-2-1-5-17-9-13)8-15(22)20-19-11-12-3-6-16-7-4-12/h1-7,9,11H,8,10H2,(H,18,21)(H,20,22)/b19-11-. The lowest BCUT2D eigenvalue weighted by atomic mass is 10.3. The highest BCUT2D eigenvalue weighted by Gasteiger charge is 2.08. The first kappa shape index (κ1) is 15.3. The van der Waals surface area contributed by atoms with Crippen LogP contribution in [0, 0.1) is 0 Å². The summed E-state index contributed by atoms with van der Waals surface area (Å²) in [5, 5.41) is 6.41. The van der Waals surface area contributed by atoms with Crippen LogP contribution in [0.1, 0.15) is 17.5 Å². The minimum atomic E-state index is -0.478. The molecule has 2 amide bonds. The average molecular weight is 297 g/mol. The Morgan fingerprint density at radius 2 is 1.91 bits per heavy atom. The fourth-order valence-electron chi connectivity index (χ4n) is 1.58. The van der Waals surface area contributed by atoms with Crippen molar-refractivity contribution in [1.82, 2.24) is 20.7 Å². The predicted molar refractivity (Wildman–Crippen MR) is 80.7 cm³/mol. The van der Waals surface area contributed by atoms with Gasteiger partial charge in [-0.1, -0.05) is 6.07 Å². The van der Waals surface area contributed by atoms with E-state index in [0.29, 0.717) is 6.54 Å². The van der Waals surface area contributed by atoms with Gasteiger partial charge in [0.15, 0.2) is 0 Å². The Kier molecular flexibility index (Phi) is 5.74. The summed E-state index contributed by atoms with van der Waals surface area (Å²) in [5.74, 6) is -0.852. The van der Waals surface area contributed by atoms with Crippen molar-refractivity contribution in [3.63, 3.8) is 0 Å². The van der Waals surface area contributed by atoms with Crippen LogP contribution in [0.4, 0.5) is 0 Å². The first-order valence-corrected chi connectivity index (χ1v) is 6.61. The third-order valence-electron chi connectivity index (χ3n) is 2.64. The number of hydrazone groups is 1. The molecular weight excluding hydrogens is 282 g/mol. The number of carbonyl (C=O) groups excluding carboxylic acids is 2. The lowest BCUT2D eigenvalue weighted by molar-refractivity contribution is -0.129. The van der Waals surface area contributed by atoms with Crippen LogP contribution in [0.15, 0.2) is 54.2 Å². The molecule has 0 radical (unpaired) electrons. The number of nitrogens with one attached hydrogen (secondary N) is 2. The second-order valence-corrected chi connectivity index (χ2v) is 4.39. The smallest absolute Gasteiger partial charge is 0.249 e. The van der Waals surface area contributed by atoms with Crippen LogP contribution in [0.3, 0.4) is 0 Å². The van der Waals surface area contributed by atoms with E-state index in [9.17, 15) is 9.59 Å². The number of aromatic nitrogens is 2. The summed E-state index contributed by atoms with van der Waals surface area (Å²) in [5.41, 5.74) is 3.97. The first-order valence-electron chi connectivity index (χ1n) is 6.61. The van der Waals surface area contributed by atoms with Gasteiger partial charge >= 0.3 is 0 Å². The molecule has 7 nitrogen and oxygen atoms in total. The molecule has 22 heavy (non-hydrogen) atoms. The number of hydrogen-bond donors (Lipinski definition) is 2. The van der Waals surface area contributed by atoms with Gasteiger partial charge in [0.1, 0.15) is 6.42 Å². The van der Waals surface area contributed by atoms with Crippen molar-refractivity contribution >= 4 is 18.0 Å². The van der Waals surface area contributed by atoms with E-state index in [0.717, 1.165) is 11.1 Å². The monoisotopic (exact) mass is 297 g/mol. The predicted octanol–water partition coefficient (Wildman–Crippen LogP) is 0.633. The maximum Gasteiger partial charge on any atom is 0.249 e. The Balaban J connectivity index is 1.70. The Bertz CT molecular complexity index is 643. The summed E-state index contributed by atoms with van der Waals surface area (Å²) < 4.78 is 0. The SMILES string of the molecule is O=C(CC(=O)N/N=C\c1ccncc1)NCc1cccnc1. The van der Waals surface area contributed by atoms with E-state index in [1.807, 2.05) is 6.07 Å². The second kappa shape index (κ2) is 8.25. The van der Waals surface area contributed by atoms with Crippen LogP contribution in [0.2, 0.25) is 0 Å². The van der Waals surface area contributed by atoms with Gasteiger partial charge in [-0.25, -0.2) is 5.43 Å². The van der Waals surface area contributed by atoms with Crippen molar-refractivity contribution < 1.29 is 9.59 Å². The van der Waals surface area contributed by atoms with E-state index < -0.39 is 5.91 Å². The minimum Gasteiger partial charge on any atom is -0.352 e. The fraction of sp³-hybridized carbons (Fsp3) is 0.133. The highest BCUT2D eigenvalue weighted by molar-refractivity contribution is 5.97. The van der Waals surface area contributed by atoms with Gasteiger partial charge in [0.2, 0.25) is 11.8 Å². The molecular formula is C15H15N5O2. The lowest BCUT2D eigenvalue weighted by Crippen LogP contribution is -2.29. The van der Waals surface area contributed by atoms with Crippen molar-refractivity contribution in [1.29, 1.82) is 0 Å². The fourth-order valence-corrected chi connectivity index (χ4v) is 1.58. The number of nitrogens with zero attached hydrogens (tertiary/aromatic N) is 3. The zero-order chi connectivity index (χ0) is 15.6. The maximum atomic E-state index is 11.6. The molecule has 0 saturated heterocycles. The van der Waals surface area contributed by atoms with Gasteiger partial charge in [-0.15, -0.1) is 0 Å². The second-order valence-electron chi connectivity index (χ2n) is 4.39. The molecule has 2 aromatic heterocycles. The maximum absolute atomic E-state index is 11.6. The summed E-state index contributed by atoms with van der Waals surface area (Å²) in [6.07, 6.45) is 7.74. The van der Waals surface area contributed by atoms with Crippen LogP contribution in [0.25, 0.3) is 0 Å². The number of pyridine rings is 2. The van der Waals surface area contributed by atoms with Gasteiger partial charge in [0.25, 0.3) is 0 Å². The zero-order valence-corrected chi connectivity index (χ0v) is 11.8.